The lowest BCUT2D eigenvalue weighted by Gasteiger charge is -2.32. The molecule has 1 N–H and O–H groups in total. The molecule has 1 unspecified atom stereocenters. The summed E-state index contributed by atoms with van der Waals surface area (Å²) in [5.41, 5.74) is 2.13. The molecule has 2 aromatic carbocycles. The minimum atomic E-state index is -0.159. The first-order valence-electron chi connectivity index (χ1n) is 9.87. The van der Waals surface area contributed by atoms with Gasteiger partial charge in [-0.25, -0.2) is 4.98 Å². The number of hydrogen-bond donors (Lipinski definition) is 1. The molecule has 28 heavy (non-hydrogen) atoms. The SMILES string of the molecule is O=C1c2ccccc2C(=O)N1CC[NH+]1CCCC[C@H]1c1nc2ccccc2s1. The highest BCUT2D eigenvalue weighted by Crippen LogP contribution is 2.28. The highest BCUT2D eigenvalue weighted by atomic mass is 32.1. The maximum absolute atomic E-state index is 12.6. The molecule has 1 saturated heterocycles. The molecular formula is C22H22N3O2S+. The van der Waals surface area contributed by atoms with Gasteiger partial charge in [0.25, 0.3) is 11.8 Å². The molecule has 5 rings (SSSR count). The molecule has 2 aliphatic rings. The summed E-state index contributed by atoms with van der Waals surface area (Å²) >= 11 is 1.78. The van der Waals surface area contributed by atoms with E-state index in [9.17, 15) is 9.59 Å². The number of para-hydroxylation sites is 1. The van der Waals surface area contributed by atoms with Gasteiger partial charge in [-0.2, -0.15) is 0 Å². The van der Waals surface area contributed by atoms with Crippen molar-refractivity contribution >= 4 is 33.4 Å². The lowest BCUT2D eigenvalue weighted by atomic mass is 10.0. The summed E-state index contributed by atoms with van der Waals surface area (Å²) in [7, 11) is 0. The van der Waals surface area contributed by atoms with Gasteiger partial charge in [0.1, 0.15) is 6.04 Å². The van der Waals surface area contributed by atoms with Crippen LogP contribution in [-0.4, -0.2) is 41.3 Å². The largest absolute Gasteiger partial charge is 0.325 e. The number of carbonyl (C=O) groups is 2. The third-order valence-electron chi connectivity index (χ3n) is 5.88. The third-order valence-corrected chi connectivity index (χ3v) is 7.03. The van der Waals surface area contributed by atoms with Crippen LogP contribution in [0, 0.1) is 0 Å². The van der Waals surface area contributed by atoms with Crippen molar-refractivity contribution in [3.05, 3.63) is 64.7 Å². The van der Waals surface area contributed by atoms with E-state index in [-0.39, 0.29) is 11.8 Å². The van der Waals surface area contributed by atoms with Crippen LogP contribution >= 0.6 is 11.3 Å². The smallest absolute Gasteiger partial charge is 0.261 e. The number of carbonyl (C=O) groups excluding carboxylic acids is 2. The molecule has 0 spiro atoms. The highest BCUT2D eigenvalue weighted by Gasteiger charge is 2.37. The Hall–Kier alpha value is -2.57. The summed E-state index contributed by atoms with van der Waals surface area (Å²) in [5, 5.41) is 1.18. The molecule has 6 heteroatoms. The van der Waals surface area contributed by atoms with E-state index < -0.39 is 0 Å². The Kier molecular flexibility index (Phi) is 4.45. The maximum atomic E-state index is 12.6. The van der Waals surface area contributed by atoms with Crippen LogP contribution in [-0.2, 0) is 0 Å². The van der Waals surface area contributed by atoms with E-state index in [1.165, 1.54) is 32.3 Å². The molecule has 5 nitrogen and oxygen atoms in total. The van der Waals surface area contributed by atoms with Gasteiger partial charge < -0.3 is 4.90 Å². The molecule has 0 bridgehead atoms. The van der Waals surface area contributed by atoms with Crippen molar-refractivity contribution in [2.75, 3.05) is 19.6 Å². The zero-order valence-corrected chi connectivity index (χ0v) is 16.4. The Balaban J connectivity index is 1.34. The minimum Gasteiger partial charge on any atom is -0.325 e. The van der Waals surface area contributed by atoms with Crippen molar-refractivity contribution < 1.29 is 14.5 Å². The van der Waals surface area contributed by atoms with E-state index in [2.05, 4.69) is 18.2 Å². The van der Waals surface area contributed by atoms with E-state index >= 15 is 0 Å². The molecule has 0 radical (unpaired) electrons. The van der Waals surface area contributed by atoms with E-state index in [1.807, 2.05) is 18.2 Å². The summed E-state index contributed by atoms with van der Waals surface area (Å²) < 4.78 is 1.22. The van der Waals surface area contributed by atoms with Crippen molar-refractivity contribution in [1.82, 2.24) is 9.88 Å². The topological polar surface area (TPSA) is 54.7 Å². The second-order valence-corrected chi connectivity index (χ2v) is 8.60. The number of aromatic nitrogens is 1. The Bertz CT molecular complexity index is 993. The first kappa shape index (κ1) is 17.5. The summed E-state index contributed by atoms with van der Waals surface area (Å²) in [6.45, 7) is 2.29. The van der Waals surface area contributed by atoms with Gasteiger partial charge in [-0.3, -0.25) is 14.5 Å². The number of nitrogens with one attached hydrogen (secondary N) is 1. The fourth-order valence-electron chi connectivity index (χ4n) is 4.41. The van der Waals surface area contributed by atoms with E-state index in [1.54, 1.807) is 23.5 Å². The zero-order chi connectivity index (χ0) is 19.1. The number of rotatable bonds is 4. The number of likely N-dealkylation sites (tertiary alicyclic amines) is 1. The van der Waals surface area contributed by atoms with Gasteiger partial charge in [-0.05, 0) is 37.1 Å². The molecule has 3 aromatic rings. The molecule has 1 aromatic heterocycles. The van der Waals surface area contributed by atoms with Crippen LogP contribution in [0.4, 0.5) is 0 Å². The number of hydrogen-bond acceptors (Lipinski definition) is 4. The molecule has 3 heterocycles. The zero-order valence-electron chi connectivity index (χ0n) is 15.6. The quantitative estimate of drug-likeness (QED) is 0.695. The highest BCUT2D eigenvalue weighted by molar-refractivity contribution is 7.18. The predicted molar refractivity (Wildman–Crippen MR) is 109 cm³/mol. The van der Waals surface area contributed by atoms with Crippen LogP contribution in [0.5, 0.6) is 0 Å². The van der Waals surface area contributed by atoms with Crippen LogP contribution < -0.4 is 4.90 Å². The van der Waals surface area contributed by atoms with Crippen molar-refractivity contribution in [2.45, 2.75) is 25.3 Å². The van der Waals surface area contributed by atoms with Crippen LogP contribution in [0.2, 0.25) is 0 Å². The number of nitrogens with zero attached hydrogens (tertiary/aromatic N) is 2. The Morgan fingerprint density at radius 2 is 1.71 bits per heavy atom. The fraction of sp³-hybridized carbons (Fsp3) is 0.318. The van der Waals surface area contributed by atoms with Gasteiger partial charge in [0.2, 0.25) is 0 Å². The Morgan fingerprint density at radius 1 is 1.00 bits per heavy atom. The van der Waals surface area contributed by atoms with Crippen molar-refractivity contribution in [1.29, 1.82) is 0 Å². The first-order chi connectivity index (χ1) is 13.7. The second-order valence-electron chi connectivity index (χ2n) is 7.53. The second kappa shape index (κ2) is 7.11. The Morgan fingerprint density at radius 3 is 2.46 bits per heavy atom. The average molecular weight is 393 g/mol. The van der Waals surface area contributed by atoms with Gasteiger partial charge in [0.15, 0.2) is 5.01 Å². The summed E-state index contributed by atoms with van der Waals surface area (Å²) in [4.78, 5) is 33.0. The summed E-state index contributed by atoms with van der Waals surface area (Å²) in [6, 6.07) is 15.7. The van der Waals surface area contributed by atoms with Crippen LogP contribution in [0.3, 0.4) is 0 Å². The normalized spacial score (nSPS) is 22.1. The standard InChI is InChI=1S/C22H21N3O2S/c26-21-15-7-1-2-8-16(15)22(27)25(21)14-13-24-12-6-5-10-18(24)20-23-17-9-3-4-11-19(17)28-20/h1-4,7-9,11,18H,5-6,10,12-14H2/p+1/t18-/m0/s1. The van der Waals surface area contributed by atoms with E-state index in [0.29, 0.717) is 23.7 Å². The minimum absolute atomic E-state index is 0.159. The molecule has 2 atom stereocenters. The number of thiazole rings is 1. The van der Waals surface area contributed by atoms with Crippen LogP contribution in [0.25, 0.3) is 10.2 Å². The van der Waals surface area contributed by atoms with Gasteiger partial charge in [0.05, 0.1) is 41.0 Å². The fourth-order valence-corrected chi connectivity index (χ4v) is 5.57. The van der Waals surface area contributed by atoms with Crippen LogP contribution in [0.15, 0.2) is 48.5 Å². The van der Waals surface area contributed by atoms with Crippen molar-refractivity contribution in [2.24, 2.45) is 0 Å². The average Bonchev–Trinajstić information content (AvgIpc) is 3.27. The van der Waals surface area contributed by atoms with Gasteiger partial charge >= 0.3 is 0 Å². The third kappa shape index (κ3) is 2.93. The predicted octanol–water partition coefficient (Wildman–Crippen LogP) is 2.70. The van der Waals surface area contributed by atoms with Crippen molar-refractivity contribution in [3.8, 4) is 0 Å². The number of amides is 2. The molecule has 2 amide bonds. The first-order valence-corrected chi connectivity index (χ1v) is 10.7. The molecular weight excluding hydrogens is 370 g/mol. The monoisotopic (exact) mass is 392 g/mol. The molecule has 0 saturated carbocycles. The molecule has 0 aliphatic carbocycles. The van der Waals surface area contributed by atoms with E-state index in [4.69, 9.17) is 4.98 Å². The lowest BCUT2D eigenvalue weighted by Crippen LogP contribution is -3.13. The van der Waals surface area contributed by atoms with Crippen LogP contribution in [0.1, 0.15) is 51.0 Å². The van der Waals surface area contributed by atoms with Crippen molar-refractivity contribution in [3.63, 3.8) is 0 Å². The summed E-state index contributed by atoms with van der Waals surface area (Å²) in [5.74, 6) is -0.318. The number of quaternary nitrogens is 1. The molecule has 1 fully saturated rings. The van der Waals surface area contributed by atoms with Gasteiger partial charge in [-0.15, -0.1) is 11.3 Å². The molecule has 142 valence electrons. The number of benzene rings is 2. The molecule has 2 aliphatic heterocycles. The van der Waals surface area contributed by atoms with E-state index in [0.717, 1.165) is 25.0 Å². The van der Waals surface area contributed by atoms with Gasteiger partial charge in [0, 0.05) is 6.42 Å². The number of fused-ring (bicyclic) bond motifs is 2. The lowest BCUT2D eigenvalue weighted by molar-refractivity contribution is -0.936. The number of piperidine rings is 1. The number of imide groups is 1. The van der Waals surface area contributed by atoms with Gasteiger partial charge in [-0.1, -0.05) is 24.3 Å². The maximum Gasteiger partial charge on any atom is 0.261 e. The summed E-state index contributed by atoms with van der Waals surface area (Å²) in [6.07, 6.45) is 3.49. The Labute approximate surface area is 167 Å².